The highest BCUT2D eigenvalue weighted by molar-refractivity contribution is 5.25. The highest BCUT2D eigenvalue weighted by Gasteiger charge is 2.21. The zero-order chi connectivity index (χ0) is 13.7. The first-order valence-corrected chi connectivity index (χ1v) is 7.77. The fraction of sp³-hybridized carbons (Fsp3) is 0.647. The van der Waals surface area contributed by atoms with Crippen LogP contribution in [0.25, 0.3) is 0 Å². The van der Waals surface area contributed by atoms with Crippen molar-refractivity contribution in [1.29, 1.82) is 0 Å². The number of hydrogen-bond acceptors (Lipinski definition) is 2. The molecule has 19 heavy (non-hydrogen) atoms. The van der Waals surface area contributed by atoms with Crippen LogP contribution in [0.5, 0.6) is 0 Å². The van der Waals surface area contributed by atoms with Gasteiger partial charge in [0, 0.05) is 12.6 Å². The summed E-state index contributed by atoms with van der Waals surface area (Å²) in [4.78, 5) is 2.59. The van der Waals surface area contributed by atoms with Crippen molar-refractivity contribution >= 4 is 0 Å². The molecule has 1 fully saturated rings. The van der Waals surface area contributed by atoms with E-state index in [1.54, 1.807) is 0 Å². The van der Waals surface area contributed by atoms with Gasteiger partial charge in [-0.1, -0.05) is 38.1 Å². The second-order valence-corrected chi connectivity index (χ2v) is 5.92. The largest absolute Gasteiger partial charge is 0.329 e. The normalized spacial score (nSPS) is 23.0. The Labute approximate surface area is 118 Å². The van der Waals surface area contributed by atoms with Gasteiger partial charge in [0.15, 0.2) is 0 Å². The van der Waals surface area contributed by atoms with E-state index in [0.717, 1.165) is 18.9 Å². The molecule has 0 saturated carbocycles. The molecule has 2 rings (SSSR count). The van der Waals surface area contributed by atoms with Crippen molar-refractivity contribution in [3.63, 3.8) is 0 Å². The molecule has 0 amide bonds. The quantitative estimate of drug-likeness (QED) is 0.899. The van der Waals surface area contributed by atoms with Crippen molar-refractivity contribution in [2.45, 2.75) is 45.6 Å². The first-order chi connectivity index (χ1) is 9.24. The Bertz CT molecular complexity index is 371. The van der Waals surface area contributed by atoms with Crippen LogP contribution in [0.4, 0.5) is 0 Å². The van der Waals surface area contributed by atoms with Crippen molar-refractivity contribution in [3.05, 3.63) is 35.4 Å². The SMILES string of the molecule is CCc1ccc(C(CN)N2CCCC(C)CC2)cc1. The molecule has 1 heterocycles. The monoisotopic (exact) mass is 260 g/mol. The van der Waals surface area contributed by atoms with Gasteiger partial charge in [-0.05, 0) is 55.8 Å². The van der Waals surface area contributed by atoms with Crippen LogP contribution in [-0.4, -0.2) is 24.5 Å². The smallest absolute Gasteiger partial charge is 0.0470 e. The van der Waals surface area contributed by atoms with E-state index in [4.69, 9.17) is 5.73 Å². The Kier molecular flexibility index (Phi) is 5.41. The third-order valence-electron chi connectivity index (χ3n) is 4.49. The molecule has 2 N–H and O–H groups in total. The molecule has 1 aromatic carbocycles. The summed E-state index contributed by atoms with van der Waals surface area (Å²) in [6.07, 6.45) is 5.09. The predicted octanol–water partition coefficient (Wildman–Crippen LogP) is 3.37. The van der Waals surface area contributed by atoms with Gasteiger partial charge in [0.1, 0.15) is 0 Å². The summed E-state index contributed by atoms with van der Waals surface area (Å²) in [5, 5.41) is 0. The summed E-state index contributed by atoms with van der Waals surface area (Å²) in [7, 11) is 0. The summed E-state index contributed by atoms with van der Waals surface area (Å²) in [5.41, 5.74) is 8.84. The average Bonchev–Trinajstić information content (AvgIpc) is 2.66. The van der Waals surface area contributed by atoms with E-state index in [9.17, 15) is 0 Å². The van der Waals surface area contributed by atoms with Crippen molar-refractivity contribution in [2.75, 3.05) is 19.6 Å². The van der Waals surface area contributed by atoms with Gasteiger partial charge in [-0.3, -0.25) is 4.90 Å². The molecule has 1 aromatic rings. The number of rotatable bonds is 4. The van der Waals surface area contributed by atoms with Gasteiger partial charge in [-0.25, -0.2) is 0 Å². The molecule has 2 atom stereocenters. The summed E-state index contributed by atoms with van der Waals surface area (Å²) >= 11 is 0. The van der Waals surface area contributed by atoms with Crippen molar-refractivity contribution < 1.29 is 0 Å². The molecule has 0 spiro atoms. The van der Waals surface area contributed by atoms with Crippen molar-refractivity contribution in [2.24, 2.45) is 11.7 Å². The van der Waals surface area contributed by atoms with Crippen LogP contribution in [-0.2, 0) is 6.42 Å². The molecule has 1 saturated heterocycles. The summed E-state index contributed by atoms with van der Waals surface area (Å²) < 4.78 is 0. The first-order valence-electron chi connectivity index (χ1n) is 7.77. The molecule has 106 valence electrons. The lowest BCUT2D eigenvalue weighted by atomic mass is 10.0. The number of likely N-dealkylation sites (tertiary alicyclic amines) is 1. The highest BCUT2D eigenvalue weighted by atomic mass is 15.2. The van der Waals surface area contributed by atoms with Gasteiger partial charge in [-0.15, -0.1) is 0 Å². The minimum Gasteiger partial charge on any atom is -0.329 e. The van der Waals surface area contributed by atoms with Gasteiger partial charge in [0.25, 0.3) is 0 Å². The molecule has 0 radical (unpaired) electrons. The maximum atomic E-state index is 6.05. The van der Waals surface area contributed by atoms with Crippen LogP contribution in [0.2, 0.25) is 0 Å². The van der Waals surface area contributed by atoms with E-state index in [0.29, 0.717) is 6.04 Å². The average molecular weight is 260 g/mol. The molecule has 2 unspecified atom stereocenters. The number of nitrogens with zero attached hydrogens (tertiary/aromatic N) is 1. The van der Waals surface area contributed by atoms with Gasteiger partial charge in [0.2, 0.25) is 0 Å². The third kappa shape index (κ3) is 3.80. The zero-order valence-corrected chi connectivity index (χ0v) is 12.4. The molecule has 1 aliphatic rings. The summed E-state index contributed by atoms with van der Waals surface area (Å²) in [6, 6.07) is 9.43. The van der Waals surface area contributed by atoms with Crippen molar-refractivity contribution in [3.8, 4) is 0 Å². The number of nitrogens with two attached hydrogens (primary N) is 1. The fourth-order valence-electron chi connectivity index (χ4n) is 3.07. The maximum Gasteiger partial charge on any atom is 0.0470 e. The van der Waals surface area contributed by atoms with Crippen LogP contribution in [0, 0.1) is 5.92 Å². The third-order valence-corrected chi connectivity index (χ3v) is 4.49. The van der Waals surface area contributed by atoms with Crippen LogP contribution in [0.3, 0.4) is 0 Å². The zero-order valence-electron chi connectivity index (χ0n) is 12.4. The molecule has 0 bridgehead atoms. The number of aryl methyl sites for hydroxylation is 1. The van der Waals surface area contributed by atoms with E-state index in [-0.39, 0.29) is 0 Å². The summed E-state index contributed by atoms with van der Waals surface area (Å²) in [6.45, 7) is 7.68. The topological polar surface area (TPSA) is 29.3 Å². The molecule has 2 nitrogen and oxygen atoms in total. The second-order valence-electron chi connectivity index (χ2n) is 5.92. The van der Waals surface area contributed by atoms with Gasteiger partial charge >= 0.3 is 0 Å². The number of hydrogen-bond donors (Lipinski definition) is 1. The van der Waals surface area contributed by atoms with E-state index in [1.807, 2.05) is 0 Å². The van der Waals surface area contributed by atoms with E-state index in [1.165, 1.54) is 43.5 Å². The lowest BCUT2D eigenvalue weighted by Gasteiger charge is -2.30. The van der Waals surface area contributed by atoms with E-state index in [2.05, 4.69) is 43.0 Å². The molecule has 2 heteroatoms. The van der Waals surface area contributed by atoms with Crippen LogP contribution < -0.4 is 5.73 Å². The highest BCUT2D eigenvalue weighted by Crippen LogP contribution is 2.25. The number of benzene rings is 1. The predicted molar refractivity (Wildman–Crippen MR) is 82.2 cm³/mol. The standard InChI is InChI=1S/C17H28N2/c1-3-15-6-8-16(9-7-15)17(13-18)19-11-4-5-14(2)10-12-19/h6-9,14,17H,3-5,10-13,18H2,1-2H3. The molecular weight excluding hydrogens is 232 g/mol. The Hall–Kier alpha value is -0.860. The van der Waals surface area contributed by atoms with Gasteiger partial charge in [-0.2, -0.15) is 0 Å². The summed E-state index contributed by atoms with van der Waals surface area (Å²) in [5.74, 6) is 0.867. The van der Waals surface area contributed by atoms with Crippen LogP contribution in [0.1, 0.15) is 50.3 Å². The molecular formula is C17H28N2. The van der Waals surface area contributed by atoms with Crippen LogP contribution in [0.15, 0.2) is 24.3 Å². The first kappa shape index (κ1) is 14.5. The minimum absolute atomic E-state index is 0.399. The lowest BCUT2D eigenvalue weighted by molar-refractivity contribution is 0.207. The van der Waals surface area contributed by atoms with E-state index < -0.39 is 0 Å². The van der Waals surface area contributed by atoms with Gasteiger partial charge < -0.3 is 5.73 Å². The van der Waals surface area contributed by atoms with Crippen LogP contribution >= 0.6 is 0 Å². The molecule has 0 aliphatic carbocycles. The Balaban J connectivity index is 2.09. The van der Waals surface area contributed by atoms with E-state index >= 15 is 0 Å². The minimum atomic E-state index is 0.399. The fourth-order valence-corrected chi connectivity index (χ4v) is 3.07. The Morgan fingerprint density at radius 3 is 2.58 bits per heavy atom. The lowest BCUT2D eigenvalue weighted by Crippen LogP contribution is -2.34. The molecule has 1 aliphatic heterocycles. The molecule has 0 aromatic heterocycles. The van der Waals surface area contributed by atoms with Crippen molar-refractivity contribution in [1.82, 2.24) is 4.90 Å². The maximum absolute atomic E-state index is 6.05. The second kappa shape index (κ2) is 7.06. The van der Waals surface area contributed by atoms with Gasteiger partial charge in [0.05, 0.1) is 0 Å². The Morgan fingerprint density at radius 2 is 1.95 bits per heavy atom. The Morgan fingerprint density at radius 1 is 1.21 bits per heavy atom.